The van der Waals surface area contributed by atoms with Crippen molar-refractivity contribution in [3.8, 4) is 0 Å². The third kappa shape index (κ3) is 5.38. The van der Waals surface area contributed by atoms with Crippen LogP contribution >= 0.6 is 0 Å². The Bertz CT molecular complexity index is 462. The van der Waals surface area contributed by atoms with Crippen LogP contribution in [0.3, 0.4) is 0 Å². The van der Waals surface area contributed by atoms with E-state index in [0.717, 1.165) is 11.3 Å². The monoisotopic (exact) mass is 278 g/mol. The molecular weight excluding hydrogens is 256 g/mol. The predicted octanol–water partition coefficient (Wildman–Crippen LogP) is 0.281. The number of anilines is 1. The van der Waals surface area contributed by atoms with E-state index in [-0.39, 0.29) is 18.4 Å². The minimum atomic E-state index is -0.388. The molecule has 1 aromatic rings. The summed E-state index contributed by atoms with van der Waals surface area (Å²) in [4.78, 5) is 24.6. The summed E-state index contributed by atoms with van der Waals surface area (Å²) in [7, 11) is 0. The molecule has 0 atom stereocenters. The fourth-order valence-electron chi connectivity index (χ4n) is 1.86. The van der Waals surface area contributed by atoms with Crippen LogP contribution in [0.2, 0.25) is 0 Å². The van der Waals surface area contributed by atoms with Crippen LogP contribution in [0.5, 0.6) is 0 Å². The molecule has 0 aliphatic heterocycles. The standard InChI is InChI=1S/C14H22N4O2/c1-2-18(10-13(16)19)8-7-14(20)17-12-6-4-3-5-11(12)9-15/h3-6H,2,7-10,15H2,1H3,(H2,16,19)(H,17,20). The molecule has 0 saturated heterocycles. The Morgan fingerprint density at radius 2 is 2.00 bits per heavy atom. The van der Waals surface area contributed by atoms with Gasteiger partial charge in [0.15, 0.2) is 0 Å². The normalized spacial score (nSPS) is 10.6. The van der Waals surface area contributed by atoms with Gasteiger partial charge in [0, 0.05) is 25.2 Å². The Balaban J connectivity index is 2.49. The number of nitrogens with two attached hydrogens (primary N) is 2. The van der Waals surface area contributed by atoms with Gasteiger partial charge >= 0.3 is 0 Å². The van der Waals surface area contributed by atoms with E-state index in [1.807, 2.05) is 36.1 Å². The van der Waals surface area contributed by atoms with E-state index >= 15 is 0 Å². The van der Waals surface area contributed by atoms with Crippen LogP contribution in [0, 0.1) is 0 Å². The highest BCUT2D eigenvalue weighted by molar-refractivity contribution is 5.91. The molecule has 0 fully saturated rings. The van der Waals surface area contributed by atoms with Crippen molar-refractivity contribution in [3.63, 3.8) is 0 Å². The van der Waals surface area contributed by atoms with Crippen LogP contribution in [-0.2, 0) is 16.1 Å². The molecule has 0 unspecified atom stereocenters. The maximum atomic E-state index is 11.9. The quantitative estimate of drug-likeness (QED) is 0.635. The third-order valence-electron chi connectivity index (χ3n) is 2.99. The van der Waals surface area contributed by atoms with Crippen molar-refractivity contribution in [1.82, 2.24) is 4.90 Å². The minimum Gasteiger partial charge on any atom is -0.369 e. The van der Waals surface area contributed by atoms with Gasteiger partial charge in [-0.1, -0.05) is 25.1 Å². The number of hydrogen-bond donors (Lipinski definition) is 3. The van der Waals surface area contributed by atoms with Gasteiger partial charge in [-0.3, -0.25) is 14.5 Å². The second-order valence-electron chi connectivity index (χ2n) is 4.49. The molecule has 0 radical (unpaired) electrons. The first kappa shape index (κ1) is 16.1. The number of benzene rings is 1. The smallest absolute Gasteiger partial charge is 0.231 e. The highest BCUT2D eigenvalue weighted by Gasteiger charge is 2.10. The van der Waals surface area contributed by atoms with Crippen LogP contribution in [-0.4, -0.2) is 36.3 Å². The van der Waals surface area contributed by atoms with Gasteiger partial charge in [-0.15, -0.1) is 0 Å². The Morgan fingerprint density at radius 3 is 2.60 bits per heavy atom. The largest absolute Gasteiger partial charge is 0.369 e. The molecule has 6 heteroatoms. The van der Waals surface area contributed by atoms with Crippen molar-refractivity contribution in [2.75, 3.05) is 25.0 Å². The molecule has 0 aliphatic carbocycles. The van der Waals surface area contributed by atoms with Crippen LogP contribution in [0.1, 0.15) is 18.9 Å². The molecule has 110 valence electrons. The van der Waals surface area contributed by atoms with Crippen molar-refractivity contribution in [1.29, 1.82) is 0 Å². The molecule has 0 spiro atoms. The molecule has 1 rings (SSSR count). The zero-order chi connectivity index (χ0) is 15.0. The molecule has 0 aromatic heterocycles. The molecule has 2 amide bonds. The van der Waals surface area contributed by atoms with Crippen LogP contribution in [0.25, 0.3) is 0 Å². The fourth-order valence-corrected chi connectivity index (χ4v) is 1.86. The average Bonchev–Trinajstić information content (AvgIpc) is 2.43. The number of rotatable bonds is 8. The lowest BCUT2D eigenvalue weighted by Gasteiger charge is -2.18. The summed E-state index contributed by atoms with van der Waals surface area (Å²) in [6.07, 6.45) is 0.306. The van der Waals surface area contributed by atoms with Gasteiger partial charge in [0.05, 0.1) is 6.54 Å². The number of carbonyl (C=O) groups is 2. The number of hydrogen-bond acceptors (Lipinski definition) is 4. The molecule has 0 bridgehead atoms. The third-order valence-corrected chi connectivity index (χ3v) is 2.99. The second-order valence-corrected chi connectivity index (χ2v) is 4.49. The summed E-state index contributed by atoms with van der Waals surface area (Å²) >= 11 is 0. The highest BCUT2D eigenvalue weighted by atomic mass is 16.2. The molecule has 0 saturated carbocycles. The van der Waals surface area contributed by atoms with Crippen molar-refractivity contribution in [2.45, 2.75) is 19.9 Å². The van der Waals surface area contributed by atoms with Gasteiger partial charge in [0.2, 0.25) is 11.8 Å². The van der Waals surface area contributed by atoms with E-state index in [1.54, 1.807) is 0 Å². The number of nitrogens with zero attached hydrogens (tertiary/aromatic N) is 1. The van der Waals surface area contributed by atoms with Crippen molar-refractivity contribution < 1.29 is 9.59 Å². The maximum absolute atomic E-state index is 11.9. The molecule has 0 heterocycles. The number of likely N-dealkylation sites (N-methyl/N-ethyl adjacent to an activating group) is 1. The molecule has 5 N–H and O–H groups in total. The topological polar surface area (TPSA) is 101 Å². The lowest BCUT2D eigenvalue weighted by atomic mass is 10.1. The summed E-state index contributed by atoms with van der Waals surface area (Å²) in [5.41, 5.74) is 12.4. The summed E-state index contributed by atoms with van der Waals surface area (Å²) in [5.74, 6) is -0.491. The van der Waals surface area contributed by atoms with Crippen LogP contribution in [0.15, 0.2) is 24.3 Å². The summed E-state index contributed by atoms with van der Waals surface area (Å²) in [5, 5.41) is 2.83. The Kier molecular flexibility index (Phi) is 6.69. The van der Waals surface area contributed by atoms with Gasteiger partial charge in [0.1, 0.15) is 0 Å². The lowest BCUT2D eigenvalue weighted by molar-refractivity contribution is -0.120. The fraction of sp³-hybridized carbons (Fsp3) is 0.429. The minimum absolute atomic E-state index is 0.103. The summed E-state index contributed by atoms with van der Waals surface area (Å²) in [6, 6.07) is 7.42. The van der Waals surface area contributed by atoms with Crippen molar-refractivity contribution in [2.24, 2.45) is 11.5 Å². The molecule has 0 aliphatic rings. The highest BCUT2D eigenvalue weighted by Crippen LogP contribution is 2.14. The van der Waals surface area contributed by atoms with E-state index in [0.29, 0.717) is 26.1 Å². The first-order valence-corrected chi connectivity index (χ1v) is 6.65. The van der Waals surface area contributed by atoms with Crippen molar-refractivity contribution in [3.05, 3.63) is 29.8 Å². The summed E-state index contributed by atoms with van der Waals surface area (Å²) < 4.78 is 0. The van der Waals surface area contributed by atoms with Crippen LogP contribution in [0.4, 0.5) is 5.69 Å². The van der Waals surface area contributed by atoms with E-state index in [2.05, 4.69) is 5.32 Å². The van der Waals surface area contributed by atoms with Gasteiger partial charge < -0.3 is 16.8 Å². The van der Waals surface area contributed by atoms with E-state index in [9.17, 15) is 9.59 Å². The SMILES string of the molecule is CCN(CCC(=O)Nc1ccccc1CN)CC(N)=O. The lowest BCUT2D eigenvalue weighted by Crippen LogP contribution is -2.35. The molecular formula is C14H22N4O2. The number of primary amides is 1. The Hall–Kier alpha value is -1.92. The van der Waals surface area contributed by atoms with E-state index < -0.39 is 0 Å². The molecule has 1 aromatic carbocycles. The number of carbonyl (C=O) groups excluding carboxylic acids is 2. The zero-order valence-corrected chi connectivity index (χ0v) is 11.8. The molecule has 6 nitrogen and oxygen atoms in total. The average molecular weight is 278 g/mol. The van der Waals surface area contributed by atoms with Gasteiger partial charge in [-0.25, -0.2) is 0 Å². The number of nitrogens with one attached hydrogen (secondary N) is 1. The first-order valence-electron chi connectivity index (χ1n) is 6.65. The van der Waals surface area contributed by atoms with Gasteiger partial charge in [-0.05, 0) is 18.2 Å². The zero-order valence-electron chi connectivity index (χ0n) is 11.8. The van der Waals surface area contributed by atoms with Crippen molar-refractivity contribution >= 4 is 17.5 Å². The van der Waals surface area contributed by atoms with Gasteiger partial charge in [-0.2, -0.15) is 0 Å². The summed E-state index contributed by atoms with van der Waals surface area (Å²) in [6.45, 7) is 3.64. The van der Waals surface area contributed by atoms with E-state index in [4.69, 9.17) is 11.5 Å². The van der Waals surface area contributed by atoms with Gasteiger partial charge in [0.25, 0.3) is 0 Å². The number of amides is 2. The Morgan fingerprint density at radius 1 is 1.30 bits per heavy atom. The van der Waals surface area contributed by atoms with E-state index in [1.165, 1.54) is 0 Å². The second kappa shape index (κ2) is 8.29. The van der Waals surface area contributed by atoms with Crippen LogP contribution < -0.4 is 16.8 Å². The predicted molar refractivity (Wildman–Crippen MR) is 78.9 cm³/mol. The molecule has 20 heavy (non-hydrogen) atoms. The Labute approximate surface area is 119 Å². The number of para-hydroxylation sites is 1. The first-order chi connectivity index (χ1) is 9.56. The maximum Gasteiger partial charge on any atom is 0.231 e.